The van der Waals surface area contributed by atoms with Crippen molar-refractivity contribution in [2.45, 2.75) is 76.5 Å². The number of aromatic nitrogens is 2. The van der Waals surface area contributed by atoms with Crippen molar-refractivity contribution in [2.24, 2.45) is 0 Å². The standard InChI is InChI=1S/C21H36N6O/c1-20(2)13-16(14-21(3,4)25-20)24-18(28)15-26(5)17-7-11-27(12-8-17)19-22-9-6-10-23-19/h6,9-10,16-17,25H,7-8,11-15H2,1-5H3,(H,24,28). The third-order valence-electron chi connectivity index (χ3n) is 5.87. The second kappa shape index (κ2) is 8.33. The van der Waals surface area contributed by atoms with E-state index in [1.807, 2.05) is 6.07 Å². The third-order valence-corrected chi connectivity index (χ3v) is 5.87. The molecule has 1 aromatic heterocycles. The van der Waals surface area contributed by atoms with Crippen LogP contribution in [-0.4, -0.2) is 70.6 Å². The lowest BCUT2D eigenvalue weighted by atomic mass is 9.79. The van der Waals surface area contributed by atoms with Crippen molar-refractivity contribution >= 4 is 11.9 Å². The first-order valence-corrected chi connectivity index (χ1v) is 10.4. The summed E-state index contributed by atoms with van der Waals surface area (Å²) in [7, 11) is 2.06. The molecular formula is C21H36N6O. The van der Waals surface area contributed by atoms with E-state index in [0.717, 1.165) is 44.7 Å². The molecule has 7 nitrogen and oxygen atoms in total. The lowest BCUT2D eigenvalue weighted by Gasteiger charge is -2.46. The zero-order chi connectivity index (χ0) is 20.4. The monoisotopic (exact) mass is 388 g/mol. The molecule has 3 rings (SSSR count). The third kappa shape index (κ3) is 5.64. The molecule has 0 aliphatic carbocycles. The number of amides is 1. The first-order chi connectivity index (χ1) is 13.1. The number of piperidine rings is 2. The first kappa shape index (κ1) is 21.0. The van der Waals surface area contributed by atoms with Crippen LogP contribution < -0.4 is 15.5 Å². The molecule has 0 spiro atoms. The normalized spacial score (nSPS) is 23.0. The molecule has 2 fully saturated rings. The van der Waals surface area contributed by atoms with Gasteiger partial charge in [-0.3, -0.25) is 9.69 Å². The molecule has 0 saturated carbocycles. The highest BCUT2D eigenvalue weighted by Gasteiger charge is 2.38. The Bertz CT molecular complexity index is 638. The van der Waals surface area contributed by atoms with Crippen LogP contribution in [0.25, 0.3) is 0 Å². The predicted molar refractivity (Wildman–Crippen MR) is 112 cm³/mol. The van der Waals surface area contributed by atoms with E-state index in [0.29, 0.717) is 12.6 Å². The second-order valence-corrected chi connectivity index (χ2v) is 9.75. The molecule has 0 atom stereocenters. The molecule has 3 heterocycles. The van der Waals surface area contributed by atoms with Crippen molar-refractivity contribution in [2.75, 3.05) is 31.6 Å². The lowest BCUT2D eigenvalue weighted by Crippen LogP contribution is -2.62. The van der Waals surface area contributed by atoms with Gasteiger partial charge in [0.2, 0.25) is 11.9 Å². The summed E-state index contributed by atoms with van der Waals surface area (Å²) >= 11 is 0. The Morgan fingerprint density at radius 2 is 1.75 bits per heavy atom. The molecule has 2 saturated heterocycles. The van der Waals surface area contributed by atoms with E-state index in [1.165, 1.54) is 0 Å². The first-order valence-electron chi connectivity index (χ1n) is 10.4. The Kier molecular flexibility index (Phi) is 6.25. The molecule has 2 N–H and O–H groups in total. The topological polar surface area (TPSA) is 73.4 Å². The maximum atomic E-state index is 12.7. The second-order valence-electron chi connectivity index (χ2n) is 9.75. The van der Waals surface area contributed by atoms with E-state index in [-0.39, 0.29) is 23.0 Å². The van der Waals surface area contributed by atoms with Gasteiger partial charge in [-0.15, -0.1) is 0 Å². The summed E-state index contributed by atoms with van der Waals surface area (Å²) in [5.41, 5.74) is 0.0792. The average molecular weight is 389 g/mol. The Morgan fingerprint density at radius 1 is 1.18 bits per heavy atom. The Morgan fingerprint density at radius 3 is 2.32 bits per heavy atom. The van der Waals surface area contributed by atoms with Crippen LogP contribution in [-0.2, 0) is 4.79 Å². The number of nitrogens with one attached hydrogen (secondary N) is 2. The molecule has 7 heteroatoms. The minimum Gasteiger partial charge on any atom is -0.352 e. The van der Waals surface area contributed by atoms with Crippen LogP contribution in [0.15, 0.2) is 18.5 Å². The fraction of sp³-hybridized carbons (Fsp3) is 0.762. The maximum absolute atomic E-state index is 12.7. The molecule has 2 aliphatic heterocycles. The lowest BCUT2D eigenvalue weighted by molar-refractivity contribution is -0.123. The molecule has 156 valence electrons. The minimum absolute atomic E-state index is 0.0396. The highest BCUT2D eigenvalue weighted by atomic mass is 16.2. The van der Waals surface area contributed by atoms with E-state index in [1.54, 1.807) is 12.4 Å². The van der Waals surface area contributed by atoms with Gasteiger partial charge in [0.1, 0.15) is 0 Å². The fourth-order valence-corrected chi connectivity index (χ4v) is 5.01. The molecule has 0 aromatic carbocycles. The van der Waals surface area contributed by atoms with E-state index in [9.17, 15) is 4.79 Å². The van der Waals surface area contributed by atoms with Crippen LogP contribution in [0.2, 0.25) is 0 Å². The number of rotatable bonds is 5. The van der Waals surface area contributed by atoms with Crippen LogP contribution in [0, 0.1) is 0 Å². The summed E-state index contributed by atoms with van der Waals surface area (Å²) in [5.74, 6) is 0.937. The average Bonchev–Trinajstić information content (AvgIpc) is 2.59. The van der Waals surface area contributed by atoms with Gasteiger partial charge in [0.05, 0.1) is 6.54 Å². The van der Waals surface area contributed by atoms with E-state index >= 15 is 0 Å². The number of likely N-dealkylation sites (N-methyl/N-ethyl adjacent to an activating group) is 1. The number of carbonyl (C=O) groups excluding carboxylic acids is 1. The zero-order valence-electron chi connectivity index (χ0n) is 18.0. The predicted octanol–water partition coefficient (Wildman–Crippen LogP) is 1.80. The highest BCUT2D eigenvalue weighted by Crippen LogP contribution is 2.28. The molecule has 28 heavy (non-hydrogen) atoms. The summed E-state index contributed by atoms with van der Waals surface area (Å²) in [6.07, 6.45) is 7.54. The Balaban J connectivity index is 1.46. The van der Waals surface area contributed by atoms with Gasteiger partial charge in [0.25, 0.3) is 0 Å². The van der Waals surface area contributed by atoms with Crippen LogP contribution in [0.1, 0.15) is 53.4 Å². The van der Waals surface area contributed by atoms with Crippen molar-refractivity contribution in [1.29, 1.82) is 0 Å². The number of anilines is 1. The summed E-state index contributed by atoms with van der Waals surface area (Å²) in [5, 5.41) is 6.95. The summed E-state index contributed by atoms with van der Waals surface area (Å²) in [6, 6.07) is 2.49. The molecule has 0 unspecified atom stereocenters. The van der Waals surface area contributed by atoms with Crippen LogP contribution in [0.5, 0.6) is 0 Å². The van der Waals surface area contributed by atoms with Crippen LogP contribution in [0.4, 0.5) is 5.95 Å². The Labute approximate surface area is 169 Å². The molecule has 2 aliphatic rings. The van der Waals surface area contributed by atoms with E-state index in [2.05, 4.69) is 65.1 Å². The van der Waals surface area contributed by atoms with Crippen molar-refractivity contribution < 1.29 is 4.79 Å². The number of carbonyl (C=O) groups is 1. The summed E-state index contributed by atoms with van der Waals surface area (Å²) in [6.45, 7) is 11.2. The van der Waals surface area contributed by atoms with Gasteiger partial charge in [0, 0.05) is 48.6 Å². The van der Waals surface area contributed by atoms with Gasteiger partial charge >= 0.3 is 0 Å². The quantitative estimate of drug-likeness (QED) is 0.801. The maximum Gasteiger partial charge on any atom is 0.234 e. The van der Waals surface area contributed by atoms with Crippen molar-refractivity contribution in [3.8, 4) is 0 Å². The fourth-order valence-electron chi connectivity index (χ4n) is 5.01. The number of hydrogen-bond donors (Lipinski definition) is 2. The molecular weight excluding hydrogens is 352 g/mol. The van der Waals surface area contributed by atoms with Gasteiger partial charge in [-0.2, -0.15) is 0 Å². The van der Waals surface area contributed by atoms with Crippen molar-refractivity contribution in [3.63, 3.8) is 0 Å². The van der Waals surface area contributed by atoms with Crippen molar-refractivity contribution in [3.05, 3.63) is 18.5 Å². The SMILES string of the molecule is CN(CC(=O)NC1CC(C)(C)NC(C)(C)C1)C1CCN(c2ncccn2)CC1. The van der Waals surface area contributed by atoms with Crippen molar-refractivity contribution in [1.82, 2.24) is 25.5 Å². The zero-order valence-corrected chi connectivity index (χ0v) is 18.0. The van der Waals surface area contributed by atoms with Gasteiger partial charge in [-0.1, -0.05) is 0 Å². The van der Waals surface area contributed by atoms with Gasteiger partial charge < -0.3 is 15.5 Å². The smallest absolute Gasteiger partial charge is 0.234 e. The number of nitrogens with zero attached hydrogens (tertiary/aromatic N) is 4. The van der Waals surface area contributed by atoms with E-state index < -0.39 is 0 Å². The summed E-state index contributed by atoms with van der Waals surface area (Å²) in [4.78, 5) is 25.8. The molecule has 0 radical (unpaired) electrons. The minimum atomic E-state index is 0.0396. The Hall–Kier alpha value is -1.73. The van der Waals surface area contributed by atoms with Gasteiger partial charge in [0.15, 0.2) is 0 Å². The molecule has 1 amide bonds. The largest absolute Gasteiger partial charge is 0.352 e. The molecule has 1 aromatic rings. The van der Waals surface area contributed by atoms with Gasteiger partial charge in [-0.05, 0) is 66.5 Å². The summed E-state index contributed by atoms with van der Waals surface area (Å²) < 4.78 is 0. The number of hydrogen-bond acceptors (Lipinski definition) is 6. The van der Waals surface area contributed by atoms with Gasteiger partial charge in [-0.25, -0.2) is 9.97 Å². The highest BCUT2D eigenvalue weighted by molar-refractivity contribution is 5.78. The van der Waals surface area contributed by atoms with Crippen LogP contribution >= 0.6 is 0 Å². The molecule has 0 bridgehead atoms. The van der Waals surface area contributed by atoms with Crippen LogP contribution in [0.3, 0.4) is 0 Å². The van der Waals surface area contributed by atoms with E-state index in [4.69, 9.17) is 0 Å².